The van der Waals surface area contributed by atoms with E-state index < -0.39 is 41.0 Å². The fourth-order valence-corrected chi connectivity index (χ4v) is 8.26. The number of aromatic nitrogens is 3. The zero-order valence-corrected chi connectivity index (χ0v) is 27.0. The highest BCUT2D eigenvalue weighted by Gasteiger charge is 2.54. The number of amides is 3. The van der Waals surface area contributed by atoms with Crippen LogP contribution >= 0.6 is 46.8 Å². The molecule has 1 fully saturated rings. The average molecular weight is 697 g/mol. The Labute approximate surface area is 274 Å². The number of rotatable bonds is 16. The molecule has 3 amide bonds. The number of nitrogens with one attached hydrogen (secondary N) is 2. The number of aliphatic carboxylic acids is 1. The van der Waals surface area contributed by atoms with Gasteiger partial charge in [-0.1, -0.05) is 23.3 Å². The van der Waals surface area contributed by atoms with Crippen LogP contribution in [0.25, 0.3) is 0 Å². The van der Waals surface area contributed by atoms with Crippen molar-refractivity contribution >= 4 is 81.4 Å². The molecule has 2 aromatic rings. The summed E-state index contributed by atoms with van der Waals surface area (Å²) in [4.78, 5) is 61.0. The maximum Gasteiger partial charge on any atom is 0.353 e. The maximum absolute atomic E-state index is 13.1. The van der Waals surface area contributed by atoms with E-state index in [0.29, 0.717) is 35.9 Å². The smallest absolute Gasteiger partial charge is 0.353 e. The number of carboxylic acid groups (broad SMARTS) is 1. The lowest BCUT2D eigenvalue weighted by molar-refractivity contribution is -0.150. The lowest BCUT2D eigenvalue weighted by Crippen LogP contribution is -2.71. The number of hydrogen-bond acceptors (Lipinski definition) is 16. The first kappa shape index (κ1) is 34.4. The minimum atomic E-state index is -1.28. The number of carboxylic acids is 1. The third kappa shape index (κ3) is 8.44. The van der Waals surface area contributed by atoms with Crippen LogP contribution in [0.4, 0.5) is 5.13 Å². The Bertz CT molecular complexity index is 1490. The van der Waals surface area contributed by atoms with Gasteiger partial charge in [-0.25, -0.2) is 4.79 Å². The maximum atomic E-state index is 13.1. The number of anilines is 1. The van der Waals surface area contributed by atoms with E-state index in [2.05, 4.69) is 30.1 Å². The molecule has 3 atom stereocenters. The normalized spacial score (nSPS) is 18.7. The van der Waals surface area contributed by atoms with Gasteiger partial charge in [0, 0.05) is 51.3 Å². The van der Waals surface area contributed by atoms with Gasteiger partial charge >= 0.3 is 5.97 Å². The van der Waals surface area contributed by atoms with Gasteiger partial charge in [0.2, 0.25) is 17.4 Å². The fourth-order valence-electron chi connectivity index (χ4n) is 4.35. The van der Waals surface area contributed by atoms with Crippen molar-refractivity contribution in [3.05, 3.63) is 40.5 Å². The number of carbonyl (C=O) groups excluding carboxylic acids is 3. The van der Waals surface area contributed by atoms with Crippen LogP contribution < -0.4 is 27.8 Å². The van der Waals surface area contributed by atoms with Gasteiger partial charge in [0.25, 0.3) is 11.8 Å². The number of β-lactam (4-membered cyclic amide) rings is 1. The van der Waals surface area contributed by atoms with E-state index in [1.807, 2.05) is 6.07 Å². The number of hydrogen-bond donors (Lipinski definition) is 7. The van der Waals surface area contributed by atoms with Crippen LogP contribution in [0, 0.1) is 0 Å². The molecule has 10 N–H and O–H groups in total. The van der Waals surface area contributed by atoms with Gasteiger partial charge in [0.05, 0.1) is 11.7 Å². The van der Waals surface area contributed by atoms with Gasteiger partial charge in [0.15, 0.2) is 5.13 Å². The number of nitrogens with two attached hydrogens (primary N) is 3. The molecule has 0 saturated carbocycles. The van der Waals surface area contributed by atoms with Crippen LogP contribution in [-0.4, -0.2) is 101 Å². The summed E-state index contributed by atoms with van der Waals surface area (Å²) in [6.45, 7) is 1.00. The molecule has 16 nitrogen and oxygen atoms in total. The van der Waals surface area contributed by atoms with E-state index in [0.717, 1.165) is 39.9 Å². The summed E-state index contributed by atoms with van der Waals surface area (Å²) in [5.74, 6) is -1.82. The van der Waals surface area contributed by atoms with Crippen molar-refractivity contribution in [2.24, 2.45) is 16.6 Å². The highest BCUT2D eigenvalue weighted by atomic mass is 32.2. The fraction of sp³-hybridized carbons (Fsp3) is 0.440. The monoisotopic (exact) mass is 696 g/mol. The van der Waals surface area contributed by atoms with Gasteiger partial charge in [-0.3, -0.25) is 24.3 Å². The lowest BCUT2D eigenvalue weighted by Gasteiger charge is -2.49. The molecule has 0 spiro atoms. The molecular formula is C25H32N10O6S4. The largest absolute Gasteiger partial charge is 0.477 e. The van der Waals surface area contributed by atoms with Crippen molar-refractivity contribution in [2.45, 2.75) is 47.4 Å². The predicted molar refractivity (Wildman–Crippen MR) is 172 cm³/mol. The zero-order valence-electron chi connectivity index (χ0n) is 23.7. The van der Waals surface area contributed by atoms with Gasteiger partial charge in [-0.05, 0) is 31.5 Å². The lowest BCUT2D eigenvalue weighted by atomic mass is 10.0. The highest BCUT2D eigenvalue weighted by molar-refractivity contribution is 8.06. The van der Waals surface area contributed by atoms with Crippen molar-refractivity contribution < 1.29 is 29.5 Å². The molecule has 4 heterocycles. The minimum Gasteiger partial charge on any atom is -0.477 e. The number of fused-ring (bicyclic) bond motifs is 1. The number of oxime groups is 1. The van der Waals surface area contributed by atoms with Crippen molar-refractivity contribution in [1.29, 1.82) is 0 Å². The Morgan fingerprint density at radius 3 is 2.78 bits per heavy atom. The minimum absolute atomic E-state index is 0.0586. The summed E-state index contributed by atoms with van der Waals surface area (Å²) < 4.78 is 3.84. The van der Waals surface area contributed by atoms with E-state index in [4.69, 9.17) is 17.2 Å². The summed E-state index contributed by atoms with van der Waals surface area (Å²) in [7, 11) is 0. The van der Waals surface area contributed by atoms with E-state index >= 15 is 0 Å². The van der Waals surface area contributed by atoms with Crippen LogP contribution in [0.3, 0.4) is 0 Å². The van der Waals surface area contributed by atoms with Gasteiger partial charge in [-0.2, -0.15) is 21.1 Å². The molecule has 2 aromatic heterocycles. The first-order valence-corrected chi connectivity index (χ1v) is 17.4. The molecule has 0 bridgehead atoms. The van der Waals surface area contributed by atoms with Crippen LogP contribution in [0.1, 0.15) is 30.8 Å². The van der Waals surface area contributed by atoms with E-state index in [1.165, 1.54) is 23.5 Å². The van der Waals surface area contributed by atoms with Crippen LogP contribution in [0.2, 0.25) is 0 Å². The zero-order chi connectivity index (χ0) is 32.5. The second-order valence-corrected chi connectivity index (χ2v) is 13.8. The van der Waals surface area contributed by atoms with Crippen LogP contribution in [-0.2, 0) is 24.9 Å². The molecule has 1 saturated heterocycles. The molecular weight excluding hydrogens is 665 g/mol. The highest BCUT2D eigenvalue weighted by Crippen LogP contribution is 2.45. The first-order chi connectivity index (χ1) is 21.7. The Balaban J connectivity index is 1.35. The quantitative estimate of drug-likeness (QED) is 0.0400. The molecule has 0 aliphatic carbocycles. The molecule has 2 aliphatic heterocycles. The number of nitrogens with zero attached hydrogens (tertiary/aromatic N) is 5. The molecule has 0 unspecified atom stereocenters. The van der Waals surface area contributed by atoms with Gasteiger partial charge < -0.3 is 38.1 Å². The molecule has 4 rings (SSSR count). The third-order valence-electron chi connectivity index (χ3n) is 6.56. The Hall–Kier alpha value is -3.43. The molecule has 45 heavy (non-hydrogen) atoms. The SMILES string of the molecule is NCCCC[C@H](N)C(=O)NCCSCc1ncccc1SC1=C(C(=O)O)N2C(=O)[C@@H](NC(=O)/C(=N\O)c3nsc(N)n3)[C@@H]2SC1. The number of carbonyl (C=O) groups is 4. The van der Waals surface area contributed by atoms with Gasteiger partial charge in [0.1, 0.15) is 17.1 Å². The second-order valence-electron chi connectivity index (χ2n) is 9.63. The third-order valence-corrected chi connectivity index (χ3v) is 10.7. The van der Waals surface area contributed by atoms with E-state index in [-0.39, 0.29) is 28.3 Å². The molecule has 242 valence electrons. The predicted octanol–water partition coefficient (Wildman–Crippen LogP) is -0.0123. The Morgan fingerprint density at radius 1 is 1.29 bits per heavy atom. The second kappa shape index (κ2) is 16.2. The summed E-state index contributed by atoms with van der Waals surface area (Å²) in [6.07, 6.45) is 3.84. The van der Waals surface area contributed by atoms with E-state index in [1.54, 1.807) is 24.0 Å². The summed E-state index contributed by atoms with van der Waals surface area (Å²) in [5, 5.41) is 27.0. The van der Waals surface area contributed by atoms with Crippen molar-refractivity contribution in [3.63, 3.8) is 0 Å². The topological polar surface area (TPSA) is 265 Å². The molecule has 0 radical (unpaired) electrons. The van der Waals surface area contributed by atoms with Crippen LogP contribution in [0.15, 0.2) is 39.0 Å². The standard InChI is InChI=1S/C25H32N10O6S4/c26-6-2-1-4-12(27)20(36)30-8-9-42-10-13-14(5-3-7-29-13)44-15-11-43-23-17(22(38)35(23)18(15)24(39)40)31-21(37)16(33-41)19-32-25(28)45-34-19/h3,5,7,12,17,23,41H,1-2,4,6,8-11,26-27H2,(H,30,36)(H,31,37)(H,39,40)(H2,28,32,34)/b33-16-/t12-,17+,23-/m0/s1. The average Bonchev–Trinajstić information content (AvgIpc) is 3.45. The summed E-state index contributed by atoms with van der Waals surface area (Å²) in [5.41, 5.74) is 17.0. The summed E-state index contributed by atoms with van der Waals surface area (Å²) in [6, 6.07) is 1.95. The first-order valence-electron chi connectivity index (χ1n) is 13.6. The number of nitrogen functional groups attached to an aromatic ring is 1. The number of pyridine rings is 1. The van der Waals surface area contributed by atoms with Crippen molar-refractivity contribution in [3.8, 4) is 0 Å². The number of unbranched alkanes of at least 4 members (excludes halogenated alkanes) is 1. The number of thioether (sulfide) groups is 3. The summed E-state index contributed by atoms with van der Waals surface area (Å²) >= 11 is 4.87. The molecule has 2 aliphatic rings. The molecule has 0 aromatic carbocycles. The molecule has 20 heteroatoms. The van der Waals surface area contributed by atoms with Crippen molar-refractivity contribution in [2.75, 3.05) is 30.3 Å². The van der Waals surface area contributed by atoms with E-state index in [9.17, 15) is 29.5 Å². The van der Waals surface area contributed by atoms with Crippen molar-refractivity contribution in [1.82, 2.24) is 29.9 Å². The van der Waals surface area contributed by atoms with Gasteiger partial charge in [-0.15, -0.1) is 11.8 Å². The van der Waals surface area contributed by atoms with Crippen LogP contribution in [0.5, 0.6) is 0 Å². The Morgan fingerprint density at radius 2 is 2.09 bits per heavy atom. The Kier molecular flexibility index (Phi) is 12.4.